The van der Waals surface area contributed by atoms with Gasteiger partial charge in [0.05, 0.1) is 10.9 Å². The van der Waals surface area contributed by atoms with Gasteiger partial charge >= 0.3 is 0 Å². The number of nitrogens with zero attached hydrogens (tertiary/aromatic N) is 2. The molecule has 1 aromatic carbocycles. The molecule has 21 heavy (non-hydrogen) atoms. The molecular formula is C17H19ClN2O. The minimum atomic E-state index is -0.0432. The number of halogens is 1. The highest BCUT2D eigenvalue weighted by atomic mass is 35.5. The SMILES string of the molecule is CN(C(=O)c1ccc2ccccc2n1)C1CCCCC1Cl. The van der Waals surface area contributed by atoms with Crippen molar-refractivity contribution in [3.8, 4) is 0 Å². The number of amides is 1. The smallest absolute Gasteiger partial charge is 0.272 e. The number of aromatic nitrogens is 1. The van der Waals surface area contributed by atoms with Crippen LogP contribution in [-0.2, 0) is 0 Å². The van der Waals surface area contributed by atoms with Crippen LogP contribution in [0.4, 0.5) is 0 Å². The summed E-state index contributed by atoms with van der Waals surface area (Å²) in [5, 5.41) is 1.10. The molecule has 0 bridgehead atoms. The number of hydrogen-bond donors (Lipinski definition) is 0. The minimum absolute atomic E-state index is 0.0432. The third-order valence-electron chi connectivity index (χ3n) is 4.28. The van der Waals surface area contributed by atoms with Crippen LogP contribution in [0.25, 0.3) is 10.9 Å². The molecule has 1 saturated carbocycles. The molecule has 1 aliphatic rings. The Morgan fingerprint density at radius 2 is 1.95 bits per heavy atom. The molecule has 3 rings (SSSR count). The summed E-state index contributed by atoms with van der Waals surface area (Å²) in [6, 6.07) is 11.7. The third-order valence-corrected chi connectivity index (χ3v) is 4.79. The summed E-state index contributed by atoms with van der Waals surface area (Å²) >= 11 is 6.39. The lowest BCUT2D eigenvalue weighted by Crippen LogP contribution is -2.44. The van der Waals surface area contributed by atoms with E-state index in [0.29, 0.717) is 5.69 Å². The van der Waals surface area contributed by atoms with Crippen molar-refractivity contribution in [2.75, 3.05) is 7.05 Å². The van der Waals surface area contributed by atoms with Crippen molar-refractivity contribution in [1.82, 2.24) is 9.88 Å². The van der Waals surface area contributed by atoms with Gasteiger partial charge in [0.2, 0.25) is 0 Å². The van der Waals surface area contributed by atoms with Crippen molar-refractivity contribution in [2.45, 2.75) is 37.1 Å². The molecular weight excluding hydrogens is 284 g/mol. The Morgan fingerprint density at radius 1 is 1.19 bits per heavy atom. The molecule has 2 aromatic rings. The Kier molecular flexibility index (Phi) is 4.11. The molecule has 0 spiro atoms. The fraction of sp³-hybridized carbons (Fsp3) is 0.412. The normalized spacial score (nSPS) is 22.2. The zero-order valence-corrected chi connectivity index (χ0v) is 12.9. The minimum Gasteiger partial charge on any atom is -0.336 e. The summed E-state index contributed by atoms with van der Waals surface area (Å²) in [5.74, 6) is -0.0432. The van der Waals surface area contributed by atoms with Crippen molar-refractivity contribution < 1.29 is 4.79 Å². The molecule has 0 saturated heterocycles. The van der Waals surface area contributed by atoms with Gasteiger partial charge in [0.25, 0.3) is 5.91 Å². The van der Waals surface area contributed by atoms with Gasteiger partial charge in [0.1, 0.15) is 5.69 Å². The van der Waals surface area contributed by atoms with Gasteiger partial charge in [-0.05, 0) is 25.0 Å². The van der Waals surface area contributed by atoms with E-state index in [-0.39, 0.29) is 17.3 Å². The zero-order valence-electron chi connectivity index (χ0n) is 12.1. The van der Waals surface area contributed by atoms with Crippen molar-refractivity contribution in [1.29, 1.82) is 0 Å². The van der Waals surface area contributed by atoms with Crippen molar-refractivity contribution in [3.05, 3.63) is 42.1 Å². The summed E-state index contributed by atoms with van der Waals surface area (Å²) < 4.78 is 0. The maximum absolute atomic E-state index is 12.6. The fourth-order valence-corrected chi connectivity index (χ4v) is 3.47. The van der Waals surface area contributed by atoms with E-state index in [1.54, 1.807) is 11.0 Å². The average Bonchev–Trinajstić information content (AvgIpc) is 2.53. The van der Waals surface area contributed by atoms with Crippen LogP contribution < -0.4 is 0 Å². The van der Waals surface area contributed by atoms with Gasteiger partial charge in [0.15, 0.2) is 0 Å². The summed E-state index contributed by atoms with van der Waals surface area (Å²) in [5.41, 5.74) is 1.34. The van der Waals surface area contributed by atoms with E-state index < -0.39 is 0 Å². The van der Waals surface area contributed by atoms with Gasteiger partial charge in [-0.1, -0.05) is 37.1 Å². The van der Waals surface area contributed by atoms with Crippen LogP contribution in [0.3, 0.4) is 0 Å². The molecule has 3 nitrogen and oxygen atoms in total. The van der Waals surface area contributed by atoms with Gasteiger partial charge < -0.3 is 4.90 Å². The first-order valence-electron chi connectivity index (χ1n) is 7.44. The van der Waals surface area contributed by atoms with Gasteiger partial charge in [-0.15, -0.1) is 11.6 Å². The van der Waals surface area contributed by atoms with Gasteiger partial charge in [-0.25, -0.2) is 4.98 Å². The maximum Gasteiger partial charge on any atom is 0.272 e. The molecule has 1 amide bonds. The van der Waals surface area contributed by atoms with Crippen LogP contribution in [0.1, 0.15) is 36.2 Å². The van der Waals surface area contributed by atoms with Gasteiger partial charge in [0, 0.05) is 18.5 Å². The van der Waals surface area contributed by atoms with E-state index in [4.69, 9.17) is 11.6 Å². The molecule has 0 aliphatic heterocycles. The van der Waals surface area contributed by atoms with Crippen LogP contribution in [0.2, 0.25) is 0 Å². The van der Waals surface area contributed by atoms with Crippen LogP contribution in [0, 0.1) is 0 Å². The average molecular weight is 303 g/mol. The number of para-hydroxylation sites is 1. The van der Waals surface area contributed by atoms with Crippen LogP contribution in [0.15, 0.2) is 36.4 Å². The summed E-state index contributed by atoms with van der Waals surface area (Å²) in [4.78, 5) is 18.9. The lowest BCUT2D eigenvalue weighted by atomic mass is 9.93. The fourth-order valence-electron chi connectivity index (χ4n) is 3.02. The number of carbonyl (C=O) groups excluding carboxylic acids is 1. The first kappa shape index (κ1) is 14.3. The molecule has 1 aliphatic carbocycles. The predicted molar refractivity (Wildman–Crippen MR) is 85.7 cm³/mol. The number of rotatable bonds is 2. The Labute approximate surface area is 129 Å². The summed E-state index contributed by atoms with van der Waals surface area (Å²) in [6.45, 7) is 0. The predicted octanol–water partition coefficient (Wildman–Crippen LogP) is 3.86. The second kappa shape index (κ2) is 6.02. The molecule has 0 radical (unpaired) electrons. The Balaban J connectivity index is 1.85. The summed E-state index contributed by atoms with van der Waals surface area (Å²) in [6.07, 6.45) is 4.25. The second-order valence-corrected chi connectivity index (χ2v) is 6.23. The zero-order chi connectivity index (χ0) is 14.8. The lowest BCUT2D eigenvalue weighted by molar-refractivity contribution is 0.0695. The number of fused-ring (bicyclic) bond motifs is 1. The van der Waals surface area contributed by atoms with Crippen molar-refractivity contribution >= 4 is 28.4 Å². The number of benzene rings is 1. The van der Waals surface area contributed by atoms with Crippen molar-refractivity contribution in [3.63, 3.8) is 0 Å². The number of alkyl halides is 1. The highest BCUT2D eigenvalue weighted by Crippen LogP contribution is 2.27. The van der Waals surface area contributed by atoms with E-state index in [2.05, 4.69) is 4.98 Å². The van der Waals surface area contributed by atoms with E-state index in [1.165, 1.54) is 0 Å². The monoisotopic (exact) mass is 302 g/mol. The van der Waals surface area contributed by atoms with Crippen molar-refractivity contribution in [2.24, 2.45) is 0 Å². The largest absolute Gasteiger partial charge is 0.336 e. The highest BCUT2D eigenvalue weighted by Gasteiger charge is 2.30. The molecule has 2 atom stereocenters. The number of hydrogen-bond acceptors (Lipinski definition) is 2. The quantitative estimate of drug-likeness (QED) is 0.789. The number of pyridine rings is 1. The molecule has 110 valence electrons. The third kappa shape index (κ3) is 2.88. The first-order chi connectivity index (χ1) is 10.2. The van der Waals surface area contributed by atoms with Crippen LogP contribution >= 0.6 is 11.6 Å². The molecule has 2 unspecified atom stereocenters. The van der Waals surface area contributed by atoms with E-state index >= 15 is 0 Å². The molecule has 1 aromatic heterocycles. The highest BCUT2D eigenvalue weighted by molar-refractivity contribution is 6.21. The van der Waals surface area contributed by atoms with Gasteiger partial charge in [-0.3, -0.25) is 4.79 Å². The Morgan fingerprint density at radius 3 is 2.76 bits per heavy atom. The van der Waals surface area contributed by atoms with Gasteiger partial charge in [-0.2, -0.15) is 0 Å². The Bertz CT molecular complexity index is 658. The molecule has 4 heteroatoms. The van der Waals surface area contributed by atoms with Crippen LogP contribution in [-0.4, -0.2) is 34.3 Å². The summed E-state index contributed by atoms with van der Waals surface area (Å²) in [7, 11) is 1.84. The topological polar surface area (TPSA) is 33.2 Å². The Hall–Kier alpha value is -1.61. The lowest BCUT2D eigenvalue weighted by Gasteiger charge is -2.34. The van der Waals surface area contributed by atoms with E-state index in [1.807, 2.05) is 37.4 Å². The van der Waals surface area contributed by atoms with E-state index in [0.717, 1.165) is 36.6 Å². The molecule has 1 fully saturated rings. The van der Waals surface area contributed by atoms with E-state index in [9.17, 15) is 4.79 Å². The maximum atomic E-state index is 12.6. The molecule has 0 N–H and O–H groups in total. The first-order valence-corrected chi connectivity index (χ1v) is 7.87. The second-order valence-electron chi connectivity index (χ2n) is 5.67. The molecule has 1 heterocycles. The number of carbonyl (C=O) groups is 1. The van der Waals surface area contributed by atoms with Crippen LogP contribution in [0.5, 0.6) is 0 Å². The standard InChI is InChI=1S/C17H19ClN2O/c1-20(16-9-5-3-7-13(16)18)17(21)15-11-10-12-6-2-4-8-14(12)19-15/h2,4,6,8,10-11,13,16H,3,5,7,9H2,1H3.